The van der Waals surface area contributed by atoms with Gasteiger partial charge in [-0.15, -0.1) is 34.5 Å². The van der Waals surface area contributed by atoms with Crippen molar-refractivity contribution < 1.29 is 23.8 Å². The van der Waals surface area contributed by atoms with Crippen LogP contribution in [0.2, 0.25) is 0 Å². The van der Waals surface area contributed by atoms with Gasteiger partial charge in [0.2, 0.25) is 0 Å². The lowest BCUT2D eigenvalue weighted by atomic mass is 9.95. The van der Waals surface area contributed by atoms with Crippen LogP contribution in [0, 0.1) is 37.5 Å². The van der Waals surface area contributed by atoms with E-state index in [9.17, 15) is 9.59 Å². The lowest BCUT2D eigenvalue weighted by Gasteiger charge is -2.27. The Morgan fingerprint density at radius 2 is 1.00 bits per heavy atom. The van der Waals surface area contributed by atoms with Gasteiger partial charge in [-0.05, 0) is 121 Å². The third-order valence-corrected chi connectivity index (χ3v) is 14.2. The summed E-state index contributed by atoms with van der Waals surface area (Å²) in [4.78, 5) is 37.1. The Labute approximate surface area is 392 Å². The van der Waals surface area contributed by atoms with Crippen LogP contribution in [0.15, 0.2) is 109 Å². The van der Waals surface area contributed by atoms with Crippen molar-refractivity contribution >= 4 is 34.6 Å². The van der Waals surface area contributed by atoms with Crippen LogP contribution in [0.5, 0.6) is 11.5 Å². The molecule has 0 saturated carbocycles. The van der Waals surface area contributed by atoms with Crippen LogP contribution in [0.25, 0.3) is 0 Å². The first-order valence-corrected chi connectivity index (χ1v) is 24.1. The van der Waals surface area contributed by atoms with Gasteiger partial charge < -0.3 is 14.2 Å². The highest BCUT2D eigenvalue weighted by Gasteiger charge is 2.23. The molecule has 0 spiro atoms. The minimum Gasteiger partial charge on any atom is -0.489 e. The summed E-state index contributed by atoms with van der Waals surface area (Å²) < 4.78 is 17.7. The Bertz CT molecular complexity index is 2540. The molecule has 0 fully saturated rings. The molecule has 2 aliphatic heterocycles. The summed E-state index contributed by atoms with van der Waals surface area (Å²) >= 11 is 3.86. The fourth-order valence-electron chi connectivity index (χ4n) is 8.82. The number of nitrogens with zero attached hydrogens (tertiary/aromatic N) is 2. The predicted molar refractivity (Wildman–Crippen MR) is 261 cm³/mol. The van der Waals surface area contributed by atoms with Gasteiger partial charge in [-0.3, -0.25) is 19.4 Å². The van der Waals surface area contributed by atoms with Gasteiger partial charge in [-0.25, -0.2) is 0 Å². The molecule has 1 unspecified atom stereocenters. The smallest absolute Gasteiger partial charge is 0.315 e. The van der Waals surface area contributed by atoms with Crippen molar-refractivity contribution in [2.75, 3.05) is 13.1 Å². The molecule has 0 saturated heterocycles. The average molecular weight is 901 g/mol. The van der Waals surface area contributed by atoms with E-state index in [-0.39, 0.29) is 12.8 Å². The summed E-state index contributed by atoms with van der Waals surface area (Å²) in [6, 6.07) is 37.1. The highest BCUT2D eigenvalue weighted by atomic mass is 32.1. The lowest BCUT2D eigenvalue weighted by Crippen LogP contribution is -2.29. The Hall–Kier alpha value is -5.94. The van der Waals surface area contributed by atoms with Crippen molar-refractivity contribution in [1.29, 1.82) is 0 Å². The van der Waals surface area contributed by atoms with Crippen LogP contribution in [0.1, 0.15) is 103 Å². The zero-order chi connectivity index (χ0) is 45.1. The lowest BCUT2D eigenvalue weighted by molar-refractivity contribution is -0.159. The molecule has 332 valence electrons. The summed E-state index contributed by atoms with van der Waals surface area (Å²) in [5.74, 6) is 11.4. The van der Waals surface area contributed by atoms with Gasteiger partial charge in [0, 0.05) is 58.8 Å². The van der Waals surface area contributed by atoms with E-state index in [1.54, 1.807) is 13.8 Å². The first-order chi connectivity index (χ1) is 31.7. The molecule has 6 aromatic rings. The van der Waals surface area contributed by atoms with Gasteiger partial charge in [0.1, 0.15) is 24.7 Å². The third-order valence-electron chi connectivity index (χ3n) is 11.9. The summed E-state index contributed by atoms with van der Waals surface area (Å²) in [5, 5.41) is 0. The van der Waals surface area contributed by atoms with Crippen molar-refractivity contribution in [3.63, 3.8) is 0 Å². The van der Waals surface area contributed by atoms with E-state index in [2.05, 4.69) is 108 Å². The summed E-state index contributed by atoms with van der Waals surface area (Å²) in [6.07, 6.45) is 2.12. The third kappa shape index (κ3) is 12.7. The second-order valence-electron chi connectivity index (χ2n) is 17.0. The second kappa shape index (κ2) is 21.8. The molecular formula is C56H56N2O5S2. The minimum absolute atomic E-state index is 0.0586. The molecule has 0 aliphatic carbocycles. The molecule has 65 heavy (non-hydrogen) atoms. The van der Waals surface area contributed by atoms with Crippen LogP contribution in [0.3, 0.4) is 0 Å². The summed E-state index contributed by atoms with van der Waals surface area (Å²) in [7, 11) is 0. The van der Waals surface area contributed by atoms with Gasteiger partial charge >= 0.3 is 11.9 Å². The standard InChI is InChI=1S/C56H56N2O5S2/c1-5-9-47(45-15-19-51(20-16-45)61-37-43-13-7-11-41(29-43)33-57-25-23-53-49(35-57)27-39(3)64-53)31-55(59)63-56(60)32-48(10-6-2)46-17-21-52(22-18-46)62-38-44-14-8-12-42(30-44)34-58-26-24-54-50(36-58)28-40(4)65-54/h7-8,11-22,27-30,47-48H,23-26,31-38H2,1-4H3/t47-,48?/m0/s1. The number of carbonyl (C=O) groups is 2. The number of rotatable bonds is 16. The number of thiophene rings is 2. The monoisotopic (exact) mass is 900 g/mol. The Balaban J connectivity index is 0.785. The van der Waals surface area contributed by atoms with Gasteiger partial charge in [0.25, 0.3) is 0 Å². The molecule has 8 rings (SSSR count). The molecule has 7 nitrogen and oxygen atoms in total. The van der Waals surface area contributed by atoms with E-state index in [0.29, 0.717) is 13.2 Å². The Kier molecular flexibility index (Phi) is 15.3. The van der Waals surface area contributed by atoms with Crippen LogP contribution >= 0.6 is 22.7 Å². The van der Waals surface area contributed by atoms with E-state index in [1.807, 2.05) is 71.2 Å². The highest BCUT2D eigenvalue weighted by molar-refractivity contribution is 7.12. The summed E-state index contributed by atoms with van der Waals surface area (Å²) in [6.45, 7) is 14.7. The van der Waals surface area contributed by atoms with Crippen LogP contribution in [-0.4, -0.2) is 34.8 Å². The van der Waals surface area contributed by atoms with Crippen molar-refractivity contribution in [2.45, 2.75) is 105 Å². The van der Waals surface area contributed by atoms with Crippen molar-refractivity contribution in [2.24, 2.45) is 0 Å². The highest BCUT2D eigenvalue weighted by Crippen LogP contribution is 2.31. The molecular weight excluding hydrogens is 845 g/mol. The maximum absolute atomic E-state index is 13.1. The van der Waals surface area contributed by atoms with Crippen molar-refractivity contribution in [3.8, 4) is 35.2 Å². The van der Waals surface area contributed by atoms with E-state index in [1.165, 1.54) is 41.8 Å². The maximum atomic E-state index is 13.1. The van der Waals surface area contributed by atoms with Crippen LogP contribution in [0.4, 0.5) is 0 Å². The molecule has 0 N–H and O–H groups in total. The van der Waals surface area contributed by atoms with E-state index in [0.717, 1.165) is 85.9 Å². The molecule has 2 aromatic heterocycles. The van der Waals surface area contributed by atoms with Crippen LogP contribution in [-0.2, 0) is 66.6 Å². The Morgan fingerprint density at radius 1 is 0.585 bits per heavy atom. The largest absolute Gasteiger partial charge is 0.489 e. The normalized spacial score (nSPS) is 14.4. The fourth-order valence-corrected chi connectivity index (χ4v) is 10.9. The predicted octanol–water partition coefficient (Wildman–Crippen LogP) is 11.5. The molecule has 0 bridgehead atoms. The number of fused-ring (bicyclic) bond motifs is 2. The number of carbonyl (C=O) groups excluding carboxylic acids is 2. The topological polar surface area (TPSA) is 68.3 Å². The number of benzene rings is 4. The second-order valence-corrected chi connectivity index (χ2v) is 19.7. The van der Waals surface area contributed by atoms with Gasteiger partial charge in [0.15, 0.2) is 0 Å². The van der Waals surface area contributed by atoms with E-state index < -0.39 is 23.8 Å². The molecule has 0 amide bonds. The van der Waals surface area contributed by atoms with Crippen molar-refractivity contribution in [3.05, 3.63) is 173 Å². The zero-order valence-corrected chi connectivity index (χ0v) is 39.4. The van der Waals surface area contributed by atoms with Crippen LogP contribution < -0.4 is 9.47 Å². The molecule has 0 radical (unpaired) electrons. The van der Waals surface area contributed by atoms with Gasteiger partial charge in [0.05, 0.1) is 24.7 Å². The average Bonchev–Trinajstić information content (AvgIpc) is 3.87. The maximum Gasteiger partial charge on any atom is 0.315 e. The number of aryl methyl sites for hydroxylation is 2. The number of esters is 2. The first-order valence-electron chi connectivity index (χ1n) is 22.5. The number of hydrogen-bond donors (Lipinski definition) is 0. The van der Waals surface area contributed by atoms with E-state index >= 15 is 0 Å². The fraction of sp³-hybridized carbons (Fsp3) is 0.321. The summed E-state index contributed by atoms with van der Waals surface area (Å²) in [5.41, 5.74) is 9.41. The van der Waals surface area contributed by atoms with Gasteiger partial charge in [-0.2, -0.15) is 0 Å². The molecule has 2 atom stereocenters. The molecule has 4 heterocycles. The minimum atomic E-state index is -0.628. The van der Waals surface area contributed by atoms with Crippen molar-refractivity contribution in [1.82, 2.24) is 9.80 Å². The van der Waals surface area contributed by atoms with Gasteiger partial charge in [-0.1, -0.05) is 84.6 Å². The number of ether oxygens (including phenoxy) is 3. The quantitative estimate of drug-likeness (QED) is 0.0544. The SMILES string of the molecule is CC#CC(CC(=O)OC(=O)C[C@H](C#CC)c1ccc(OCc2cccc(CN3CCc4sc(C)cc4C3)c2)cc1)c1ccc(OCc2cccc(CN3CCc4sc(C)cc4C3)c2)cc1. The molecule has 9 heteroatoms. The molecule has 2 aliphatic rings. The zero-order valence-electron chi connectivity index (χ0n) is 37.8. The molecule has 4 aromatic carbocycles. The van der Waals surface area contributed by atoms with E-state index in [4.69, 9.17) is 14.2 Å². The first kappa shape index (κ1) is 45.6. The Morgan fingerprint density at radius 3 is 1.42 bits per heavy atom. The number of hydrogen-bond acceptors (Lipinski definition) is 9.